The lowest BCUT2D eigenvalue weighted by molar-refractivity contribution is -0.133. The van der Waals surface area contributed by atoms with Gasteiger partial charge in [0.25, 0.3) is 0 Å². The number of unbranched alkanes of at least 4 members (excludes halogenated alkanes) is 6. The van der Waals surface area contributed by atoms with Crippen LogP contribution in [0.2, 0.25) is 0 Å². The lowest BCUT2D eigenvalue weighted by atomic mass is 10.1. The molecular weight excluding hydrogens is 392 g/mol. The van der Waals surface area contributed by atoms with Crippen molar-refractivity contribution in [1.82, 2.24) is 5.32 Å². The largest absolute Gasteiger partial charge is 0.481 e. The molecule has 0 aliphatic carbocycles. The molecule has 158 valence electrons. The minimum Gasteiger partial charge on any atom is -0.481 e. The average molecular weight is 427 g/mol. The number of aliphatic carboxylic acids is 1. The van der Waals surface area contributed by atoms with Gasteiger partial charge < -0.3 is 15.7 Å². The summed E-state index contributed by atoms with van der Waals surface area (Å²) in [7, 11) is 0. The number of anilines is 1. The Morgan fingerprint density at radius 2 is 1.36 bits per heavy atom. The van der Waals surface area contributed by atoms with Gasteiger partial charge in [0, 0.05) is 12.2 Å². The Bertz CT molecular complexity index is 530. The summed E-state index contributed by atoms with van der Waals surface area (Å²) in [6, 6.07) is 9.32. The summed E-state index contributed by atoms with van der Waals surface area (Å²) >= 11 is 3.48. The van der Waals surface area contributed by atoms with Crippen LogP contribution in [-0.2, 0) is 4.79 Å². The van der Waals surface area contributed by atoms with Crippen molar-refractivity contribution in [1.29, 1.82) is 0 Å². The summed E-state index contributed by atoms with van der Waals surface area (Å²) in [4.78, 5) is 22.1. The molecule has 28 heavy (non-hydrogen) atoms. The molecule has 7 heteroatoms. The molecule has 0 aliphatic rings. The Balaban J connectivity index is 1.76. The van der Waals surface area contributed by atoms with Crippen molar-refractivity contribution in [2.75, 3.05) is 34.9 Å². The van der Waals surface area contributed by atoms with E-state index in [-0.39, 0.29) is 11.8 Å². The topological polar surface area (TPSA) is 78.4 Å². The Kier molecular flexibility index (Phi) is 15.6. The van der Waals surface area contributed by atoms with Gasteiger partial charge in [-0.2, -0.15) is 23.5 Å². The highest BCUT2D eigenvalue weighted by Gasteiger charge is 2.00. The van der Waals surface area contributed by atoms with Gasteiger partial charge in [0.05, 0.1) is 5.75 Å². The lowest BCUT2D eigenvalue weighted by Gasteiger charge is -2.07. The molecule has 0 bridgehead atoms. The molecule has 0 unspecified atom stereocenters. The molecule has 0 radical (unpaired) electrons. The first-order valence-corrected chi connectivity index (χ1v) is 12.5. The van der Waals surface area contributed by atoms with E-state index in [1.807, 2.05) is 42.1 Å². The Morgan fingerprint density at radius 3 is 2.00 bits per heavy atom. The van der Waals surface area contributed by atoms with Crippen LogP contribution in [0.3, 0.4) is 0 Å². The van der Waals surface area contributed by atoms with Gasteiger partial charge in [0.2, 0.25) is 0 Å². The van der Waals surface area contributed by atoms with E-state index in [9.17, 15) is 9.59 Å². The summed E-state index contributed by atoms with van der Waals surface area (Å²) in [5, 5.41) is 14.2. The second-order valence-corrected chi connectivity index (χ2v) is 8.96. The van der Waals surface area contributed by atoms with E-state index in [2.05, 4.69) is 10.6 Å². The maximum absolute atomic E-state index is 11.7. The number of carboxylic acid groups (broad SMARTS) is 1. The number of carbonyl (C=O) groups excluding carboxylic acids is 1. The van der Waals surface area contributed by atoms with Crippen LogP contribution in [0.4, 0.5) is 10.5 Å². The molecule has 0 spiro atoms. The van der Waals surface area contributed by atoms with Gasteiger partial charge in [-0.1, -0.05) is 50.3 Å². The number of thioether (sulfide) groups is 2. The third-order valence-electron chi connectivity index (χ3n) is 4.09. The molecule has 0 heterocycles. The third-order valence-corrected chi connectivity index (χ3v) is 6.27. The molecule has 3 N–H and O–H groups in total. The molecule has 0 aromatic heterocycles. The SMILES string of the molecule is O=C(O)CSCCCCCCCCCSCCCNC(=O)Nc1ccccc1. The highest BCUT2D eigenvalue weighted by atomic mass is 32.2. The van der Waals surface area contributed by atoms with E-state index >= 15 is 0 Å². The molecule has 2 amide bonds. The minimum absolute atomic E-state index is 0.142. The minimum atomic E-state index is -0.715. The Labute approximate surface area is 177 Å². The number of rotatable bonds is 17. The molecule has 0 aliphatic heterocycles. The number of benzene rings is 1. The quantitative estimate of drug-likeness (QED) is 0.288. The van der Waals surface area contributed by atoms with Gasteiger partial charge in [-0.05, 0) is 48.7 Å². The first kappa shape index (κ1) is 24.7. The molecule has 1 aromatic carbocycles. The van der Waals surface area contributed by atoms with Crippen molar-refractivity contribution >= 4 is 41.2 Å². The van der Waals surface area contributed by atoms with Crippen molar-refractivity contribution in [3.05, 3.63) is 30.3 Å². The molecule has 5 nitrogen and oxygen atoms in total. The predicted molar refractivity (Wildman–Crippen MR) is 123 cm³/mol. The highest BCUT2D eigenvalue weighted by Crippen LogP contribution is 2.12. The number of urea groups is 1. The highest BCUT2D eigenvalue weighted by molar-refractivity contribution is 7.99. The number of carbonyl (C=O) groups is 2. The molecular formula is C21H34N2O3S2. The monoisotopic (exact) mass is 426 g/mol. The van der Waals surface area contributed by atoms with Crippen molar-refractivity contribution in [2.24, 2.45) is 0 Å². The standard InChI is InChI=1S/C21H34N2O3S2/c24-20(25)18-28-16-10-5-3-1-2-4-9-15-27-17-11-14-22-21(26)23-19-12-7-6-8-13-19/h6-8,12-13H,1-5,9-11,14-18H2,(H,24,25)(H2,22,23,26). The number of para-hydroxylation sites is 1. The van der Waals surface area contributed by atoms with Gasteiger partial charge in [-0.25, -0.2) is 4.79 Å². The first-order valence-electron chi connectivity index (χ1n) is 10.2. The van der Waals surface area contributed by atoms with Crippen LogP contribution in [0.1, 0.15) is 51.4 Å². The fraction of sp³-hybridized carbons (Fsp3) is 0.619. The fourth-order valence-corrected chi connectivity index (χ4v) is 4.31. The zero-order chi connectivity index (χ0) is 20.3. The Morgan fingerprint density at radius 1 is 0.786 bits per heavy atom. The maximum Gasteiger partial charge on any atom is 0.319 e. The zero-order valence-electron chi connectivity index (χ0n) is 16.7. The van der Waals surface area contributed by atoms with Crippen LogP contribution in [0.5, 0.6) is 0 Å². The van der Waals surface area contributed by atoms with Gasteiger partial charge in [0.15, 0.2) is 0 Å². The van der Waals surface area contributed by atoms with Gasteiger partial charge in [-0.3, -0.25) is 4.79 Å². The zero-order valence-corrected chi connectivity index (χ0v) is 18.3. The van der Waals surface area contributed by atoms with Gasteiger partial charge in [-0.15, -0.1) is 0 Å². The van der Waals surface area contributed by atoms with Crippen molar-refractivity contribution < 1.29 is 14.7 Å². The second kappa shape index (κ2) is 17.7. The maximum atomic E-state index is 11.7. The summed E-state index contributed by atoms with van der Waals surface area (Å²) in [6.07, 6.45) is 9.74. The molecule has 1 aromatic rings. The molecule has 1 rings (SSSR count). The number of nitrogens with one attached hydrogen (secondary N) is 2. The van der Waals surface area contributed by atoms with Crippen molar-refractivity contribution in [3.8, 4) is 0 Å². The summed E-state index contributed by atoms with van der Waals surface area (Å²) in [5.74, 6) is 2.76. The number of amides is 2. The Hall–Kier alpha value is -1.34. The molecule has 0 atom stereocenters. The van der Waals surface area contributed by atoms with E-state index in [4.69, 9.17) is 5.11 Å². The summed E-state index contributed by atoms with van der Waals surface area (Å²) in [5.41, 5.74) is 0.812. The van der Waals surface area contributed by atoms with Crippen LogP contribution in [0.25, 0.3) is 0 Å². The van der Waals surface area contributed by atoms with Crippen LogP contribution in [0, 0.1) is 0 Å². The normalized spacial score (nSPS) is 10.6. The number of carboxylic acids is 1. The van der Waals surface area contributed by atoms with Crippen LogP contribution in [-0.4, -0.2) is 46.7 Å². The van der Waals surface area contributed by atoms with Crippen LogP contribution >= 0.6 is 23.5 Å². The molecule has 0 fully saturated rings. The van der Waals surface area contributed by atoms with Crippen molar-refractivity contribution in [2.45, 2.75) is 51.4 Å². The van der Waals surface area contributed by atoms with E-state index in [1.165, 1.54) is 56.0 Å². The number of hydrogen-bond acceptors (Lipinski definition) is 4. The molecule has 0 saturated heterocycles. The summed E-state index contributed by atoms with van der Waals surface area (Å²) < 4.78 is 0. The third kappa shape index (κ3) is 15.7. The van der Waals surface area contributed by atoms with E-state index in [0.29, 0.717) is 6.54 Å². The average Bonchev–Trinajstić information content (AvgIpc) is 2.68. The van der Waals surface area contributed by atoms with Gasteiger partial charge in [0.1, 0.15) is 0 Å². The van der Waals surface area contributed by atoms with Crippen LogP contribution in [0.15, 0.2) is 30.3 Å². The van der Waals surface area contributed by atoms with E-state index < -0.39 is 5.97 Å². The lowest BCUT2D eigenvalue weighted by Crippen LogP contribution is -2.29. The summed E-state index contributed by atoms with van der Waals surface area (Å²) in [6.45, 7) is 0.705. The van der Waals surface area contributed by atoms with Gasteiger partial charge >= 0.3 is 12.0 Å². The van der Waals surface area contributed by atoms with Crippen LogP contribution < -0.4 is 10.6 Å². The predicted octanol–water partition coefficient (Wildman–Crippen LogP) is 5.48. The van der Waals surface area contributed by atoms with Crippen molar-refractivity contribution in [3.63, 3.8) is 0 Å². The smallest absolute Gasteiger partial charge is 0.319 e. The fourth-order valence-electron chi connectivity index (χ4n) is 2.63. The first-order chi connectivity index (χ1) is 13.7. The second-order valence-electron chi connectivity index (χ2n) is 6.63. The van der Waals surface area contributed by atoms with E-state index in [1.54, 1.807) is 0 Å². The van der Waals surface area contributed by atoms with E-state index in [0.717, 1.165) is 30.0 Å². The molecule has 0 saturated carbocycles. The number of hydrogen-bond donors (Lipinski definition) is 3.